The van der Waals surface area contributed by atoms with Crippen LogP contribution in [-0.4, -0.2) is 15.4 Å². The maximum Gasteiger partial charge on any atom is 0.140 e. The first-order valence-corrected chi connectivity index (χ1v) is 7.16. The largest absolute Gasteiger partial charge is 0.384 e. The number of rotatable bonds is 4. The van der Waals surface area contributed by atoms with Crippen LogP contribution in [0.2, 0.25) is 0 Å². The number of nitrogens with zero attached hydrogens (tertiary/aromatic N) is 2. The minimum atomic E-state index is 0.0909. The lowest BCUT2D eigenvalue weighted by Crippen LogP contribution is -2.15. The molecule has 0 unspecified atom stereocenters. The van der Waals surface area contributed by atoms with Gasteiger partial charge in [-0.2, -0.15) is 0 Å². The predicted octanol–water partition coefficient (Wildman–Crippen LogP) is 3.19. The van der Waals surface area contributed by atoms with Gasteiger partial charge in [-0.05, 0) is 18.1 Å². The highest BCUT2D eigenvalue weighted by molar-refractivity contribution is 5.96. The Morgan fingerprint density at radius 2 is 1.86 bits per heavy atom. The molecule has 1 heterocycles. The van der Waals surface area contributed by atoms with Crippen molar-refractivity contribution in [2.24, 2.45) is 5.73 Å². The number of nitrogen functional groups attached to an aromatic ring is 1. The van der Waals surface area contributed by atoms with E-state index in [4.69, 9.17) is 11.1 Å². The number of amidine groups is 1. The van der Waals surface area contributed by atoms with Crippen molar-refractivity contribution in [1.82, 2.24) is 9.55 Å². The summed E-state index contributed by atoms with van der Waals surface area (Å²) in [6.45, 7) is 2.72. The zero-order valence-electron chi connectivity index (χ0n) is 12.5. The fourth-order valence-corrected chi connectivity index (χ4v) is 2.61. The van der Waals surface area contributed by atoms with Gasteiger partial charge in [0.05, 0.1) is 0 Å². The molecule has 0 aliphatic heterocycles. The molecule has 3 rings (SSSR count). The minimum Gasteiger partial charge on any atom is -0.384 e. The number of aryl methyl sites for hydroxylation is 1. The van der Waals surface area contributed by atoms with Crippen molar-refractivity contribution < 1.29 is 0 Å². The summed E-state index contributed by atoms with van der Waals surface area (Å²) in [7, 11) is 0. The van der Waals surface area contributed by atoms with Gasteiger partial charge in [-0.3, -0.25) is 5.41 Å². The van der Waals surface area contributed by atoms with Crippen molar-refractivity contribution >= 4 is 5.84 Å². The molecule has 0 saturated carbocycles. The number of nitrogens with one attached hydrogen (secondary N) is 1. The third-order valence-electron chi connectivity index (χ3n) is 3.75. The number of benzene rings is 2. The molecule has 2 aromatic carbocycles. The molecule has 0 spiro atoms. The first kappa shape index (κ1) is 14.1. The van der Waals surface area contributed by atoms with Crippen molar-refractivity contribution in [2.45, 2.75) is 13.5 Å². The number of aromatic nitrogens is 2. The lowest BCUT2D eigenvalue weighted by molar-refractivity contribution is 0.804. The van der Waals surface area contributed by atoms with Crippen LogP contribution in [0.1, 0.15) is 16.7 Å². The van der Waals surface area contributed by atoms with Crippen LogP contribution in [0, 0.1) is 12.3 Å². The minimum absolute atomic E-state index is 0.0909. The normalized spacial score (nSPS) is 10.6. The fourth-order valence-electron chi connectivity index (χ4n) is 2.61. The van der Waals surface area contributed by atoms with Gasteiger partial charge in [-0.1, -0.05) is 48.5 Å². The van der Waals surface area contributed by atoms with E-state index in [0.29, 0.717) is 6.54 Å². The molecule has 3 N–H and O–H groups in total. The van der Waals surface area contributed by atoms with E-state index in [9.17, 15) is 0 Å². The van der Waals surface area contributed by atoms with Crippen LogP contribution in [-0.2, 0) is 6.54 Å². The monoisotopic (exact) mass is 290 g/mol. The molecule has 0 fully saturated rings. The highest BCUT2D eigenvalue weighted by Crippen LogP contribution is 2.22. The third kappa shape index (κ3) is 2.63. The van der Waals surface area contributed by atoms with E-state index >= 15 is 0 Å². The lowest BCUT2D eigenvalue weighted by Gasteiger charge is -2.12. The molecule has 0 atom stereocenters. The molecule has 4 heteroatoms. The number of hydrogen-bond acceptors (Lipinski definition) is 2. The van der Waals surface area contributed by atoms with Gasteiger partial charge in [-0.15, -0.1) is 0 Å². The molecule has 22 heavy (non-hydrogen) atoms. The Morgan fingerprint density at radius 3 is 2.64 bits per heavy atom. The lowest BCUT2D eigenvalue weighted by atomic mass is 10.1. The number of imidazole rings is 1. The smallest absolute Gasteiger partial charge is 0.140 e. The highest BCUT2D eigenvalue weighted by Gasteiger charge is 2.11. The zero-order chi connectivity index (χ0) is 15.5. The second kappa shape index (κ2) is 5.85. The van der Waals surface area contributed by atoms with Gasteiger partial charge in [0.15, 0.2) is 0 Å². The summed E-state index contributed by atoms with van der Waals surface area (Å²) >= 11 is 0. The molecule has 110 valence electrons. The van der Waals surface area contributed by atoms with Crippen molar-refractivity contribution in [3.05, 3.63) is 77.6 Å². The quantitative estimate of drug-likeness (QED) is 0.572. The molecule has 0 saturated heterocycles. The summed E-state index contributed by atoms with van der Waals surface area (Å²) in [5, 5.41) is 7.71. The van der Waals surface area contributed by atoms with Gasteiger partial charge in [0, 0.05) is 30.1 Å². The van der Waals surface area contributed by atoms with Gasteiger partial charge in [0.2, 0.25) is 0 Å². The molecule has 0 aliphatic rings. The van der Waals surface area contributed by atoms with Crippen LogP contribution in [0.3, 0.4) is 0 Å². The molecule has 0 amide bonds. The maximum absolute atomic E-state index is 7.71. The Kier molecular flexibility index (Phi) is 3.74. The SMILES string of the molecule is Cc1ccccc1-c1nccn1Cc1ccccc1C(=N)N. The average molecular weight is 290 g/mol. The Bertz CT molecular complexity index is 817. The van der Waals surface area contributed by atoms with Crippen LogP contribution in [0.4, 0.5) is 0 Å². The van der Waals surface area contributed by atoms with E-state index in [-0.39, 0.29) is 5.84 Å². The van der Waals surface area contributed by atoms with Crippen molar-refractivity contribution in [2.75, 3.05) is 0 Å². The Labute approximate surface area is 129 Å². The van der Waals surface area contributed by atoms with Crippen LogP contribution in [0.15, 0.2) is 60.9 Å². The van der Waals surface area contributed by atoms with Crippen LogP contribution in [0.5, 0.6) is 0 Å². The Morgan fingerprint density at radius 1 is 1.14 bits per heavy atom. The molecule has 0 bridgehead atoms. The molecule has 1 aromatic heterocycles. The van der Waals surface area contributed by atoms with Crippen molar-refractivity contribution in [3.8, 4) is 11.4 Å². The van der Waals surface area contributed by atoms with E-state index < -0.39 is 0 Å². The molecule has 4 nitrogen and oxygen atoms in total. The van der Waals surface area contributed by atoms with Crippen LogP contribution < -0.4 is 5.73 Å². The summed E-state index contributed by atoms with van der Waals surface area (Å²) in [6.07, 6.45) is 3.76. The maximum atomic E-state index is 7.71. The highest BCUT2D eigenvalue weighted by atomic mass is 15.1. The third-order valence-corrected chi connectivity index (χ3v) is 3.75. The van der Waals surface area contributed by atoms with Crippen LogP contribution in [0.25, 0.3) is 11.4 Å². The Balaban J connectivity index is 2.01. The zero-order valence-corrected chi connectivity index (χ0v) is 12.5. The second-order valence-electron chi connectivity index (χ2n) is 5.26. The molecular weight excluding hydrogens is 272 g/mol. The molecule has 0 radical (unpaired) electrons. The van der Waals surface area contributed by atoms with E-state index in [1.165, 1.54) is 5.56 Å². The average Bonchev–Trinajstić information content (AvgIpc) is 2.96. The molecular formula is C18H18N4. The summed E-state index contributed by atoms with van der Waals surface area (Å²) in [5.41, 5.74) is 9.77. The predicted molar refractivity (Wildman–Crippen MR) is 89.0 cm³/mol. The summed E-state index contributed by atoms with van der Waals surface area (Å²) in [4.78, 5) is 4.50. The van der Waals surface area contributed by atoms with Crippen molar-refractivity contribution in [1.29, 1.82) is 5.41 Å². The first-order valence-electron chi connectivity index (χ1n) is 7.16. The number of nitrogens with two attached hydrogens (primary N) is 1. The first-order chi connectivity index (χ1) is 10.7. The molecule has 0 aliphatic carbocycles. The number of hydrogen-bond donors (Lipinski definition) is 2. The summed E-state index contributed by atoms with van der Waals surface area (Å²) in [5.74, 6) is 1.02. The second-order valence-corrected chi connectivity index (χ2v) is 5.26. The fraction of sp³-hybridized carbons (Fsp3) is 0.111. The standard InChI is InChI=1S/C18H18N4/c1-13-6-2-4-8-15(13)18-21-10-11-22(18)12-14-7-3-5-9-16(14)17(19)20/h2-11H,12H2,1H3,(H3,19,20). The van der Waals surface area contributed by atoms with Gasteiger partial charge in [-0.25, -0.2) is 4.98 Å². The van der Waals surface area contributed by atoms with E-state index in [1.807, 2.05) is 42.6 Å². The van der Waals surface area contributed by atoms with Crippen molar-refractivity contribution in [3.63, 3.8) is 0 Å². The molecule has 3 aromatic rings. The van der Waals surface area contributed by atoms with Gasteiger partial charge in [0.25, 0.3) is 0 Å². The van der Waals surface area contributed by atoms with Gasteiger partial charge < -0.3 is 10.3 Å². The van der Waals surface area contributed by atoms with E-state index in [0.717, 1.165) is 22.5 Å². The summed E-state index contributed by atoms with van der Waals surface area (Å²) < 4.78 is 2.09. The van der Waals surface area contributed by atoms with E-state index in [1.54, 1.807) is 6.20 Å². The van der Waals surface area contributed by atoms with E-state index in [2.05, 4.69) is 28.6 Å². The Hall–Kier alpha value is -2.88. The summed E-state index contributed by atoms with van der Waals surface area (Å²) in [6, 6.07) is 15.9. The topological polar surface area (TPSA) is 67.7 Å². The van der Waals surface area contributed by atoms with Gasteiger partial charge in [0.1, 0.15) is 11.7 Å². The van der Waals surface area contributed by atoms with Gasteiger partial charge >= 0.3 is 0 Å². The van der Waals surface area contributed by atoms with Crippen LogP contribution >= 0.6 is 0 Å².